The first-order valence-electron chi connectivity index (χ1n) is 13.9. The van der Waals surface area contributed by atoms with Crippen LogP contribution in [0.3, 0.4) is 0 Å². The second-order valence-electron chi connectivity index (χ2n) is 13.9. The lowest BCUT2D eigenvalue weighted by Crippen LogP contribution is -2.65. The molecule has 0 aliphatic heterocycles. The van der Waals surface area contributed by atoms with Crippen molar-refractivity contribution in [3.8, 4) is 0 Å². The summed E-state index contributed by atoms with van der Waals surface area (Å²) in [5, 5.41) is 10.3. The molecular formula is C31H44O5. The van der Waals surface area contributed by atoms with E-state index >= 15 is 0 Å². The summed E-state index contributed by atoms with van der Waals surface area (Å²) >= 11 is 0. The molecule has 0 spiro atoms. The van der Waals surface area contributed by atoms with E-state index in [1.54, 1.807) is 0 Å². The molecule has 5 aliphatic carbocycles. The summed E-state index contributed by atoms with van der Waals surface area (Å²) < 4.78 is 5.44. The average Bonchev–Trinajstić information content (AvgIpc) is 3.09. The first-order chi connectivity index (χ1) is 16.8. The van der Waals surface area contributed by atoms with E-state index in [1.165, 1.54) is 12.7 Å². The van der Waals surface area contributed by atoms with Crippen LogP contribution in [0.15, 0.2) is 23.3 Å². The molecule has 36 heavy (non-hydrogen) atoms. The summed E-state index contributed by atoms with van der Waals surface area (Å²) in [4.78, 5) is 39.8. The fraction of sp³-hybridized carbons (Fsp3) is 0.774. The molecule has 0 aromatic rings. The minimum Gasteiger partial charge on any atom is -0.469 e. The molecular weight excluding hydrogens is 452 g/mol. The number of aliphatic hydroxyl groups excluding tert-OH is 1. The van der Waals surface area contributed by atoms with Crippen molar-refractivity contribution in [2.24, 2.45) is 56.7 Å². The predicted octanol–water partition coefficient (Wildman–Crippen LogP) is 5.31. The molecule has 0 amide bonds. The van der Waals surface area contributed by atoms with Gasteiger partial charge in [-0.1, -0.05) is 59.3 Å². The van der Waals surface area contributed by atoms with E-state index in [4.69, 9.17) is 4.74 Å². The minimum absolute atomic E-state index is 0.0751. The van der Waals surface area contributed by atoms with Gasteiger partial charge in [-0.3, -0.25) is 14.4 Å². The highest BCUT2D eigenvalue weighted by Gasteiger charge is 2.72. The summed E-state index contributed by atoms with van der Waals surface area (Å²) in [5.74, 6) is 0.777. The molecule has 0 radical (unpaired) electrons. The standard InChI is InChI=1S/C31H44O5/c1-18-10-11-31(26(35)36-7)13-12-28(4)21(24(31)19(18)2)8-9-23-29(28,5)15-22(34)25-27(3,17-33)14-20(16-32)30(23,25)6/h8,14,16,18-19,23-25,33H,9-13,15,17H2,1-7H3/t18-,19+,23+,24-,25+,27+,28-,29-,30-,31+/m1/s1. The summed E-state index contributed by atoms with van der Waals surface area (Å²) in [7, 11) is 1.52. The number of aldehydes is 1. The van der Waals surface area contributed by atoms with Gasteiger partial charge >= 0.3 is 5.97 Å². The van der Waals surface area contributed by atoms with Gasteiger partial charge in [-0.25, -0.2) is 0 Å². The van der Waals surface area contributed by atoms with Gasteiger partial charge < -0.3 is 9.84 Å². The second-order valence-corrected chi connectivity index (χ2v) is 13.9. The van der Waals surface area contributed by atoms with Crippen molar-refractivity contribution in [3.63, 3.8) is 0 Å². The number of aliphatic hydroxyl groups is 1. The Morgan fingerprint density at radius 3 is 2.47 bits per heavy atom. The van der Waals surface area contributed by atoms with Gasteiger partial charge in [-0.05, 0) is 72.2 Å². The third-order valence-corrected chi connectivity index (χ3v) is 12.7. The van der Waals surface area contributed by atoms with Gasteiger partial charge in [0.2, 0.25) is 0 Å². The van der Waals surface area contributed by atoms with Crippen LogP contribution >= 0.6 is 0 Å². The number of methoxy groups -OCH3 is 1. The van der Waals surface area contributed by atoms with Gasteiger partial charge in [0.05, 0.1) is 19.1 Å². The van der Waals surface area contributed by atoms with Crippen molar-refractivity contribution < 1.29 is 24.2 Å². The number of carbonyl (C=O) groups is 3. The smallest absolute Gasteiger partial charge is 0.312 e. The SMILES string of the molecule is COC(=O)[C@]12CC[C@@H](C)[C@H](C)[C@@H]1C1=CC[C@@H]3[C@@]4(C)C(C=O)=C[C@@](C)(CO)[C@@H]4C(=O)C[C@@]3(C)[C@]1(C)CC2. The Balaban J connectivity index is 1.68. The van der Waals surface area contributed by atoms with E-state index in [-0.39, 0.29) is 41.0 Å². The maximum absolute atomic E-state index is 14.1. The fourth-order valence-corrected chi connectivity index (χ4v) is 10.5. The Morgan fingerprint density at radius 1 is 1.17 bits per heavy atom. The molecule has 0 bridgehead atoms. The number of fused-ring (bicyclic) bond motifs is 7. The zero-order valence-electron chi connectivity index (χ0n) is 23.1. The van der Waals surface area contributed by atoms with Crippen molar-refractivity contribution in [2.45, 2.75) is 80.1 Å². The van der Waals surface area contributed by atoms with Crippen LogP contribution in [0.5, 0.6) is 0 Å². The molecule has 0 aromatic heterocycles. The number of carbonyl (C=O) groups excluding carboxylic acids is 3. The molecule has 5 rings (SSSR count). The Bertz CT molecular complexity index is 1070. The number of hydrogen-bond acceptors (Lipinski definition) is 5. The molecule has 1 N–H and O–H groups in total. The third kappa shape index (κ3) is 2.79. The zero-order valence-corrected chi connectivity index (χ0v) is 23.1. The summed E-state index contributed by atoms with van der Waals surface area (Å²) in [6.45, 7) is 13.1. The van der Waals surface area contributed by atoms with Crippen LogP contribution in [0.1, 0.15) is 80.1 Å². The van der Waals surface area contributed by atoms with E-state index in [1.807, 2.05) is 13.0 Å². The predicted molar refractivity (Wildman–Crippen MR) is 138 cm³/mol. The number of rotatable bonds is 3. The number of hydrogen-bond donors (Lipinski definition) is 1. The van der Waals surface area contributed by atoms with Crippen molar-refractivity contribution in [2.75, 3.05) is 13.7 Å². The lowest BCUT2D eigenvalue weighted by molar-refractivity contribution is -0.180. The maximum atomic E-state index is 14.1. The van der Waals surface area contributed by atoms with E-state index in [2.05, 4.69) is 40.7 Å². The van der Waals surface area contributed by atoms with E-state index in [0.29, 0.717) is 23.8 Å². The second kappa shape index (κ2) is 7.88. The Kier molecular flexibility index (Phi) is 5.66. The topological polar surface area (TPSA) is 80.7 Å². The molecule has 10 atom stereocenters. The normalized spacial score (nSPS) is 51.7. The minimum atomic E-state index is -0.714. The van der Waals surface area contributed by atoms with Crippen molar-refractivity contribution in [3.05, 3.63) is 23.3 Å². The number of esters is 1. The number of ketones is 1. The first-order valence-corrected chi connectivity index (χ1v) is 13.9. The average molecular weight is 497 g/mol. The van der Waals surface area contributed by atoms with Gasteiger partial charge in [-0.15, -0.1) is 0 Å². The van der Waals surface area contributed by atoms with E-state index < -0.39 is 22.2 Å². The van der Waals surface area contributed by atoms with Crippen LogP contribution in [0.4, 0.5) is 0 Å². The zero-order chi connectivity index (χ0) is 26.5. The molecule has 3 saturated carbocycles. The molecule has 5 nitrogen and oxygen atoms in total. The van der Waals surface area contributed by atoms with Crippen molar-refractivity contribution >= 4 is 18.0 Å². The number of ether oxygens (including phenoxy) is 1. The lowest BCUT2D eigenvalue weighted by Gasteiger charge is -2.68. The highest BCUT2D eigenvalue weighted by molar-refractivity contribution is 5.91. The van der Waals surface area contributed by atoms with Crippen LogP contribution in [-0.4, -0.2) is 36.9 Å². The highest BCUT2D eigenvalue weighted by Crippen LogP contribution is 2.75. The Labute approximate surface area is 216 Å². The Hall–Kier alpha value is -1.75. The molecule has 5 heteroatoms. The lowest BCUT2D eigenvalue weighted by atomic mass is 9.35. The van der Waals surface area contributed by atoms with Crippen LogP contribution in [0.2, 0.25) is 0 Å². The molecule has 5 aliphatic rings. The van der Waals surface area contributed by atoms with Crippen molar-refractivity contribution in [1.82, 2.24) is 0 Å². The Morgan fingerprint density at radius 2 is 1.86 bits per heavy atom. The largest absolute Gasteiger partial charge is 0.469 e. The van der Waals surface area contributed by atoms with Crippen LogP contribution < -0.4 is 0 Å². The molecule has 0 unspecified atom stereocenters. The number of Topliss-reactive ketones (excluding diaryl/α,β-unsaturated/α-hetero) is 1. The quantitative estimate of drug-likeness (QED) is 0.325. The van der Waals surface area contributed by atoms with Crippen LogP contribution in [-0.2, 0) is 19.1 Å². The van der Waals surface area contributed by atoms with Gasteiger partial charge in [-0.2, -0.15) is 0 Å². The molecule has 0 saturated heterocycles. The van der Waals surface area contributed by atoms with E-state index in [9.17, 15) is 19.5 Å². The van der Waals surface area contributed by atoms with Crippen molar-refractivity contribution in [1.29, 1.82) is 0 Å². The van der Waals surface area contributed by atoms with Gasteiger partial charge in [0, 0.05) is 23.2 Å². The van der Waals surface area contributed by atoms with Gasteiger partial charge in [0.25, 0.3) is 0 Å². The third-order valence-electron chi connectivity index (χ3n) is 12.7. The summed E-state index contributed by atoms with van der Waals surface area (Å²) in [6.07, 6.45) is 9.95. The number of allylic oxidation sites excluding steroid dienone is 3. The summed E-state index contributed by atoms with van der Waals surface area (Å²) in [6, 6.07) is 0. The molecule has 0 aromatic carbocycles. The van der Waals surface area contributed by atoms with Crippen LogP contribution in [0, 0.1) is 56.7 Å². The molecule has 198 valence electrons. The molecule has 0 heterocycles. The summed E-state index contributed by atoms with van der Waals surface area (Å²) in [5.41, 5.74) is -0.383. The highest BCUT2D eigenvalue weighted by atomic mass is 16.5. The fourth-order valence-electron chi connectivity index (χ4n) is 10.5. The first kappa shape index (κ1) is 25.9. The van der Waals surface area contributed by atoms with E-state index in [0.717, 1.165) is 38.4 Å². The van der Waals surface area contributed by atoms with Gasteiger partial charge in [0.1, 0.15) is 12.1 Å². The van der Waals surface area contributed by atoms with Gasteiger partial charge in [0.15, 0.2) is 0 Å². The van der Waals surface area contributed by atoms with Crippen LogP contribution in [0.25, 0.3) is 0 Å². The molecule has 3 fully saturated rings. The monoisotopic (exact) mass is 496 g/mol. The maximum Gasteiger partial charge on any atom is 0.312 e.